The molecule has 6 nitrogen and oxygen atoms in total. The van der Waals surface area contributed by atoms with E-state index in [1.807, 2.05) is 0 Å². The highest BCUT2D eigenvalue weighted by Crippen LogP contribution is 2.24. The second-order valence-corrected chi connectivity index (χ2v) is 3.33. The molecule has 2 N–H and O–H groups in total. The third kappa shape index (κ3) is 1.41. The molecule has 2 heterocycles. The number of rotatable bonds is 2. The standard InChI is InChI=1S/C7H4BrN3O3/c8-3-2-9-10-6(3)4-1-5(7(12)13)14-11-4/h1-2H,(H,9,10)(H,12,13). The Morgan fingerprint density at radius 2 is 2.43 bits per heavy atom. The minimum atomic E-state index is -1.15. The van der Waals surface area contributed by atoms with Crippen LogP contribution in [0.3, 0.4) is 0 Å². The zero-order valence-corrected chi connectivity index (χ0v) is 8.28. The summed E-state index contributed by atoms with van der Waals surface area (Å²) >= 11 is 3.23. The van der Waals surface area contributed by atoms with Crippen molar-refractivity contribution in [2.45, 2.75) is 0 Å². The Bertz CT molecular complexity index is 476. The quantitative estimate of drug-likeness (QED) is 0.851. The SMILES string of the molecule is O=C(O)c1cc(-c2[nH]ncc2Br)no1. The van der Waals surface area contributed by atoms with Crippen LogP contribution in [-0.4, -0.2) is 26.4 Å². The van der Waals surface area contributed by atoms with Crippen LogP contribution in [-0.2, 0) is 0 Å². The summed E-state index contributed by atoms with van der Waals surface area (Å²) < 4.78 is 5.28. The van der Waals surface area contributed by atoms with E-state index in [-0.39, 0.29) is 5.76 Å². The summed E-state index contributed by atoms with van der Waals surface area (Å²) in [5.74, 6) is -1.36. The molecule has 0 aliphatic heterocycles. The number of hydrogen-bond acceptors (Lipinski definition) is 4. The predicted molar refractivity (Wildman–Crippen MR) is 48.7 cm³/mol. The average molecular weight is 258 g/mol. The number of nitrogens with one attached hydrogen (secondary N) is 1. The van der Waals surface area contributed by atoms with Gasteiger partial charge in [0, 0.05) is 6.07 Å². The topological polar surface area (TPSA) is 92.0 Å². The van der Waals surface area contributed by atoms with Crippen molar-refractivity contribution in [2.24, 2.45) is 0 Å². The van der Waals surface area contributed by atoms with Crippen molar-refractivity contribution in [3.05, 3.63) is 22.5 Å². The van der Waals surface area contributed by atoms with Crippen LogP contribution >= 0.6 is 15.9 Å². The van der Waals surface area contributed by atoms with Gasteiger partial charge in [0.2, 0.25) is 5.76 Å². The van der Waals surface area contributed by atoms with E-state index < -0.39 is 5.97 Å². The van der Waals surface area contributed by atoms with E-state index in [4.69, 9.17) is 5.11 Å². The molecule has 0 aliphatic rings. The lowest BCUT2D eigenvalue weighted by Gasteiger charge is -1.87. The molecule has 14 heavy (non-hydrogen) atoms. The number of carbonyl (C=O) groups is 1. The van der Waals surface area contributed by atoms with Gasteiger partial charge in [-0.3, -0.25) is 5.10 Å². The summed E-state index contributed by atoms with van der Waals surface area (Å²) in [6.07, 6.45) is 1.55. The first-order chi connectivity index (χ1) is 6.68. The van der Waals surface area contributed by atoms with Crippen molar-refractivity contribution in [1.82, 2.24) is 15.4 Å². The number of aromatic amines is 1. The number of hydrogen-bond donors (Lipinski definition) is 2. The first-order valence-corrected chi connectivity index (χ1v) is 4.37. The lowest BCUT2D eigenvalue weighted by Crippen LogP contribution is -1.91. The molecule has 0 amide bonds. The van der Waals surface area contributed by atoms with Crippen molar-refractivity contribution in [3.63, 3.8) is 0 Å². The highest BCUT2D eigenvalue weighted by Gasteiger charge is 2.14. The van der Waals surface area contributed by atoms with Crippen LogP contribution in [0.4, 0.5) is 0 Å². The van der Waals surface area contributed by atoms with E-state index in [1.165, 1.54) is 6.07 Å². The number of nitrogens with zero attached hydrogens (tertiary/aromatic N) is 2. The van der Waals surface area contributed by atoms with Gasteiger partial charge in [-0.05, 0) is 15.9 Å². The van der Waals surface area contributed by atoms with E-state index in [0.717, 1.165) is 0 Å². The summed E-state index contributed by atoms with van der Waals surface area (Å²) in [6, 6.07) is 1.32. The van der Waals surface area contributed by atoms with Crippen molar-refractivity contribution in [1.29, 1.82) is 0 Å². The van der Waals surface area contributed by atoms with E-state index in [2.05, 4.69) is 35.8 Å². The van der Waals surface area contributed by atoms with Crippen LogP contribution in [0, 0.1) is 0 Å². The molecular formula is C7H4BrN3O3. The highest BCUT2D eigenvalue weighted by molar-refractivity contribution is 9.10. The first kappa shape index (κ1) is 8.95. The van der Waals surface area contributed by atoms with Crippen molar-refractivity contribution in [3.8, 4) is 11.4 Å². The van der Waals surface area contributed by atoms with Crippen LogP contribution in [0.25, 0.3) is 11.4 Å². The normalized spacial score (nSPS) is 10.4. The average Bonchev–Trinajstić information content (AvgIpc) is 2.71. The molecular weight excluding hydrogens is 254 g/mol. The van der Waals surface area contributed by atoms with Gasteiger partial charge in [0.1, 0.15) is 11.4 Å². The first-order valence-electron chi connectivity index (χ1n) is 3.57. The van der Waals surface area contributed by atoms with Crippen molar-refractivity contribution < 1.29 is 14.4 Å². The maximum Gasteiger partial charge on any atom is 0.374 e. The minimum absolute atomic E-state index is 0.207. The molecule has 2 aromatic heterocycles. The van der Waals surface area contributed by atoms with Gasteiger partial charge in [-0.2, -0.15) is 5.10 Å². The Hall–Kier alpha value is -1.63. The van der Waals surface area contributed by atoms with E-state index in [1.54, 1.807) is 6.20 Å². The lowest BCUT2D eigenvalue weighted by molar-refractivity contribution is 0.0652. The second kappa shape index (κ2) is 3.26. The van der Waals surface area contributed by atoms with Crippen LogP contribution < -0.4 is 0 Å². The van der Waals surface area contributed by atoms with Crippen LogP contribution in [0.15, 0.2) is 21.3 Å². The molecule has 0 aliphatic carbocycles. The number of carboxylic acid groups (broad SMARTS) is 1. The Labute approximate surface area is 86.0 Å². The predicted octanol–water partition coefficient (Wildman–Crippen LogP) is 1.53. The molecule has 2 aromatic rings. The van der Waals surface area contributed by atoms with Crippen LogP contribution in [0.5, 0.6) is 0 Å². The third-order valence-electron chi connectivity index (χ3n) is 1.57. The summed E-state index contributed by atoms with van der Waals surface area (Å²) in [6.45, 7) is 0. The van der Waals surface area contributed by atoms with Gasteiger partial charge in [-0.25, -0.2) is 4.79 Å². The fraction of sp³-hybridized carbons (Fsp3) is 0. The molecule has 0 bridgehead atoms. The largest absolute Gasteiger partial charge is 0.475 e. The fourth-order valence-corrected chi connectivity index (χ4v) is 1.34. The van der Waals surface area contributed by atoms with E-state index in [9.17, 15) is 4.79 Å². The van der Waals surface area contributed by atoms with Gasteiger partial charge < -0.3 is 9.63 Å². The molecule has 0 unspecified atom stereocenters. The molecule has 0 spiro atoms. The summed E-state index contributed by atoms with van der Waals surface area (Å²) in [7, 11) is 0. The molecule has 0 radical (unpaired) electrons. The number of H-pyrrole nitrogens is 1. The van der Waals surface area contributed by atoms with E-state index in [0.29, 0.717) is 15.9 Å². The maximum absolute atomic E-state index is 10.5. The van der Waals surface area contributed by atoms with E-state index >= 15 is 0 Å². The zero-order valence-electron chi connectivity index (χ0n) is 6.69. The molecule has 0 fully saturated rings. The summed E-state index contributed by atoms with van der Waals surface area (Å²) in [5.41, 5.74) is 0.980. The zero-order chi connectivity index (χ0) is 10.1. The molecule has 2 rings (SSSR count). The molecule has 0 aromatic carbocycles. The van der Waals surface area contributed by atoms with Gasteiger partial charge in [0.15, 0.2) is 0 Å². The fourth-order valence-electron chi connectivity index (χ4n) is 0.945. The van der Waals surface area contributed by atoms with Gasteiger partial charge in [-0.15, -0.1) is 0 Å². The van der Waals surface area contributed by atoms with Crippen molar-refractivity contribution >= 4 is 21.9 Å². The monoisotopic (exact) mass is 257 g/mol. The highest BCUT2D eigenvalue weighted by atomic mass is 79.9. The number of aromatic carboxylic acids is 1. The van der Waals surface area contributed by atoms with Crippen LogP contribution in [0.1, 0.15) is 10.6 Å². The summed E-state index contributed by atoms with van der Waals surface area (Å²) in [5, 5.41) is 18.6. The lowest BCUT2D eigenvalue weighted by atomic mass is 10.3. The van der Waals surface area contributed by atoms with Gasteiger partial charge >= 0.3 is 5.97 Å². The summed E-state index contributed by atoms with van der Waals surface area (Å²) in [4.78, 5) is 10.5. The van der Waals surface area contributed by atoms with Crippen molar-refractivity contribution in [2.75, 3.05) is 0 Å². The Morgan fingerprint density at radius 3 is 2.93 bits per heavy atom. The number of aromatic nitrogens is 3. The maximum atomic E-state index is 10.5. The van der Waals surface area contributed by atoms with Gasteiger partial charge in [0.05, 0.1) is 10.7 Å². The minimum Gasteiger partial charge on any atom is -0.475 e. The number of carboxylic acids is 1. The molecule has 0 saturated carbocycles. The van der Waals surface area contributed by atoms with Gasteiger partial charge in [0.25, 0.3) is 0 Å². The Kier molecular flexibility index (Phi) is 2.08. The van der Waals surface area contributed by atoms with Crippen LogP contribution in [0.2, 0.25) is 0 Å². The van der Waals surface area contributed by atoms with Gasteiger partial charge in [-0.1, -0.05) is 5.16 Å². The smallest absolute Gasteiger partial charge is 0.374 e. The Balaban J connectivity index is 2.43. The molecule has 0 atom stereocenters. The number of halogens is 1. The molecule has 0 saturated heterocycles. The molecule has 7 heteroatoms. The Morgan fingerprint density at radius 1 is 1.64 bits per heavy atom. The second-order valence-electron chi connectivity index (χ2n) is 2.47. The molecule has 72 valence electrons. The third-order valence-corrected chi connectivity index (χ3v) is 2.17.